The van der Waals surface area contributed by atoms with Crippen LogP contribution in [-0.2, 0) is 11.3 Å². The van der Waals surface area contributed by atoms with Crippen molar-refractivity contribution in [3.05, 3.63) is 34.6 Å². The van der Waals surface area contributed by atoms with E-state index in [2.05, 4.69) is 4.90 Å². The van der Waals surface area contributed by atoms with E-state index in [9.17, 15) is 9.18 Å². The Bertz CT molecular complexity index is 449. The van der Waals surface area contributed by atoms with Gasteiger partial charge in [-0.15, -0.1) is 0 Å². The fourth-order valence-corrected chi connectivity index (χ4v) is 2.69. The summed E-state index contributed by atoms with van der Waals surface area (Å²) in [4.78, 5) is 13.4. The Morgan fingerprint density at radius 1 is 1.56 bits per heavy atom. The molecule has 2 rings (SSSR count). The van der Waals surface area contributed by atoms with E-state index in [-0.39, 0.29) is 17.6 Å². The van der Waals surface area contributed by atoms with Crippen molar-refractivity contribution in [2.24, 2.45) is 0 Å². The monoisotopic (exact) mass is 269 g/mol. The first kappa shape index (κ1) is 13.5. The average Bonchev–Trinajstić information content (AvgIpc) is 2.69. The highest BCUT2D eigenvalue weighted by molar-refractivity contribution is 6.30. The Hall–Kier alpha value is -0.930. The molecular formula is C14H17ClFNO. The van der Waals surface area contributed by atoms with Crippen molar-refractivity contribution < 1.29 is 9.18 Å². The lowest BCUT2D eigenvalue weighted by Gasteiger charge is -2.23. The summed E-state index contributed by atoms with van der Waals surface area (Å²) in [6.45, 7) is 3.10. The number of likely N-dealkylation sites (tertiary alicyclic amines) is 1. The smallest absolute Gasteiger partial charge is 0.131 e. The van der Waals surface area contributed by atoms with Gasteiger partial charge in [0, 0.05) is 29.6 Å². The second-order valence-corrected chi connectivity index (χ2v) is 5.34. The van der Waals surface area contributed by atoms with Crippen LogP contribution >= 0.6 is 11.6 Å². The Kier molecular flexibility index (Phi) is 4.36. The molecule has 0 amide bonds. The molecule has 0 saturated carbocycles. The van der Waals surface area contributed by atoms with Crippen LogP contribution in [-0.4, -0.2) is 23.3 Å². The molecular weight excluding hydrogens is 253 g/mol. The number of hydrogen-bond acceptors (Lipinski definition) is 2. The highest BCUT2D eigenvalue weighted by atomic mass is 35.5. The van der Waals surface area contributed by atoms with Gasteiger partial charge in [-0.2, -0.15) is 0 Å². The lowest BCUT2D eigenvalue weighted by atomic mass is 10.1. The zero-order chi connectivity index (χ0) is 13.1. The van der Waals surface area contributed by atoms with E-state index in [0.717, 1.165) is 19.4 Å². The van der Waals surface area contributed by atoms with Gasteiger partial charge in [0.25, 0.3) is 0 Å². The van der Waals surface area contributed by atoms with Crippen LogP contribution in [0.15, 0.2) is 18.2 Å². The normalized spacial score (nSPS) is 20.3. The Labute approximate surface area is 112 Å². The molecule has 1 aromatic rings. The van der Waals surface area contributed by atoms with E-state index in [1.165, 1.54) is 6.07 Å². The highest BCUT2D eigenvalue weighted by Gasteiger charge is 2.26. The number of carbonyl (C=O) groups excluding carboxylic acids is 1. The molecule has 0 radical (unpaired) electrons. The van der Waals surface area contributed by atoms with Crippen molar-refractivity contribution >= 4 is 17.4 Å². The van der Waals surface area contributed by atoms with E-state index in [1.807, 2.05) is 0 Å². The third kappa shape index (κ3) is 3.30. The number of carbonyl (C=O) groups is 1. The summed E-state index contributed by atoms with van der Waals surface area (Å²) < 4.78 is 13.7. The molecule has 1 atom stereocenters. The molecule has 18 heavy (non-hydrogen) atoms. The molecule has 1 aliphatic heterocycles. The zero-order valence-corrected chi connectivity index (χ0v) is 11.2. The van der Waals surface area contributed by atoms with Crippen LogP contribution in [0.4, 0.5) is 4.39 Å². The number of Topliss-reactive ketones (excluding diaryl/α,β-unsaturated/α-hetero) is 1. The van der Waals surface area contributed by atoms with Crippen LogP contribution in [0, 0.1) is 5.82 Å². The molecule has 1 aromatic carbocycles. The van der Waals surface area contributed by atoms with Crippen molar-refractivity contribution in [3.63, 3.8) is 0 Å². The van der Waals surface area contributed by atoms with Gasteiger partial charge < -0.3 is 0 Å². The van der Waals surface area contributed by atoms with Gasteiger partial charge >= 0.3 is 0 Å². The van der Waals surface area contributed by atoms with Gasteiger partial charge in [0.1, 0.15) is 11.6 Å². The fourth-order valence-electron chi connectivity index (χ4n) is 2.53. The van der Waals surface area contributed by atoms with Crippen LogP contribution in [0.25, 0.3) is 0 Å². The molecule has 0 spiro atoms. The van der Waals surface area contributed by atoms with Crippen LogP contribution in [0.2, 0.25) is 5.02 Å². The molecule has 2 nitrogen and oxygen atoms in total. The summed E-state index contributed by atoms with van der Waals surface area (Å²) in [6.07, 6.45) is 2.66. The van der Waals surface area contributed by atoms with Crippen molar-refractivity contribution in [2.75, 3.05) is 6.54 Å². The van der Waals surface area contributed by atoms with Crippen LogP contribution in [0.1, 0.15) is 31.7 Å². The molecule has 0 aromatic heterocycles. The first-order chi connectivity index (χ1) is 8.56. The summed E-state index contributed by atoms with van der Waals surface area (Å²) in [6, 6.07) is 5.03. The molecule has 1 aliphatic rings. The van der Waals surface area contributed by atoms with Gasteiger partial charge in [0.15, 0.2) is 0 Å². The zero-order valence-electron chi connectivity index (χ0n) is 10.5. The average molecular weight is 270 g/mol. The van der Waals surface area contributed by atoms with E-state index in [4.69, 9.17) is 11.6 Å². The number of rotatable bonds is 4. The van der Waals surface area contributed by atoms with Gasteiger partial charge in [-0.3, -0.25) is 9.69 Å². The van der Waals surface area contributed by atoms with Gasteiger partial charge in [-0.1, -0.05) is 17.7 Å². The summed E-state index contributed by atoms with van der Waals surface area (Å²) in [7, 11) is 0. The first-order valence-corrected chi connectivity index (χ1v) is 6.61. The van der Waals surface area contributed by atoms with E-state index in [0.29, 0.717) is 23.6 Å². The molecule has 0 aliphatic carbocycles. The Balaban J connectivity index is 2.05. The minimum Gasteiger partial charge on any atom is -0.300 e. The molecule has 1 saturated heterocycles. The van der Waals surface area contributed by atoms with E-state index in [1.54, 1.807) is 19.1 Å². The third-order valence-corrected chi connectivity index (χ3v) is 3.65. The Morgan fingerprint density at radius 2 is 2.33 bits per heavy atom. The summed E-state index contributed by atoms with van der Waals surface area (Å²) >= 11 is 5.73. The van der Waals surface area contributed by atoms with Crippen LogP contribution < -0.4 is 0 Å². The van der Waals surface area contributed by atoms with Gasteiger partial charge in [0.05, 0.1) is 0 Å². The maximum absolute atomic E-state index is 13.7. The number of halogens is 2. The second kappa shape index (κ2) is 5.81. The third-order valence-electron chi connectivity index (χ3n) is 3.41. The predicted molar refractivity (Wildman–Crippen MR) is 70.1 cm³/mol. The summed E-state index contributed by atoms with van der Waals surface area (Å²) in [5.41, 5.74) is 0.648. The van der Waals surface area contributed by atoms with Crippen molar-refractivity contribution in [3.8, 4) is 0 Å². The van der Waals surface area contributed by atoms with Crippen molar-refractivity contribution in [1.29, 1.82) is 0 Å². The van der Waals surface area contributed by atoms with E-state index < -0.39 is 0 Å². The lowest BCUT2D eigenvalue weighted by molar-refractivity contribution is -0.118. The largest absolute Gasteiger partial charge is 0.300 e. The summed E-state index contributed by atoms with van der Waals surface area (Å²) in [5.74, 6) is -0.0700. The molecule has 0 N–H and O–H groups in total. The van der Waals surface area contributed by atoms with Gasteiger partial charge in [-0.25, -0.2) is 4.39 Å². The minimum atomic E-state index is -0.268. The molecule has 1 heterocycles. The predicted octanol–water partition coefficient (Wildman–Crippen LogP) is 3.42. The molecule has 0 bridgehead atoms. The maximum Gasteiger partial charge on any atom is 0.131 e. The van der Waals surface area contributed by atoms with Gasteiger partial charge in [0.2, 0.25) is 0 Å². The lowest BCUT2D eigenvalue weighted by Crippen LogP contribution is -2.30. The number of nitrogens with zero attached hydrogens (tertiary/aromatic N) is 1. The topological polar surface area (TPSA) is 20.3 Å². The molecule has 1 fully saturated rings. The van der Waals surface area contributed by atoms with E-state index >= 15 is 0 Å². The quantitative estimate of drug-likeness (QED) is 0.835. The van der Waals surface area contributed by atoms with Crippen LogP contribution in [0.5, 0.6) is 0 Å². The van der Waals surface area contributed by atoms with Crippen molar-refractivity contribution in [1.82, 2.24) is 4.90 Å². The fraction of sp³-hybridized carbons (Fsp3) is 0.500. The first-order valence-electron chi connectivity index (χ1n) is 6.23. The highest BCUT2D eigenvalue weighted by Crippen LogP contribution is 2.24. The number of benzene rings is 1. The molecule has 4 heteroatoms. The SMILES string of the molecule is CC(=O)CC1CCCN1Cc1ccc(Cl)cc1F. The molecule has 98 valence electrons. The minimum absolute atomic E-state index is 0.198. The molecule has 1 unspecified atom stereocenters. The maximum atomic E-state index is 13.7. The number of hydrogen-bond donors (Lipinski definition) is 0. The Morgan fingerprint density at radius 3 is 3.00 bits per heavy atom. The standard InChI is InChI=1S/C14H17ClFNO/c1-10(18)7-13-3-2-6-17(13)9-11-4-5-12(15)8-14(11)16/h4-5,8,13H,2-3,6-7,9H2,1H3. The summed E-state index contributed by atoms with van der Waals surface area (Å²) in [5, 5.41) is 0.415. The van der Waals surface area contributed by atoms with Crippen molar-refractivity contribution in [2.45, 2.75) is 38.8 Å². The second-order valence-electron chi connectivity index (χ2n) is 4.91. The van der Waals surface area contributed by atoms with Crippen LogP contribution in [0.3, 0.4) is 0 Å². The van der Waals surface area contributed by atoms with Gasteiger partial charge in [-0.05, 0) is 38.4 Å². The number of ketones is 1.